The molecule has 2 saturated heterocycles. The van der Waals surface area contributed by atoms with Crippen LogP contribution in [0, 0.1) is 11.7 Å². The number of hydrogen-bond acceptors (Lipinski definition) is 4. The first-order valence-corrected chi connectivity index (χ1v) is 12.5. The summed E-state index contributed by atoms with van der Waals surface area (Å²) in [5.41, 5.74) is 8.71. The summed E-state index contributed by atoms with van der Waals surface area (Å²) in [7, 11) is 1.88. The fraction of sp³-hybridized carbons (Fsp3) is 0.429. The number of hydrogen-bond donors (Lipinski definition) is 2. The molecular formula is C28H35FN4O2. The minimum absolute atomic E-state index is 0.00437. The van der Waals surface area contributed by atoms with E-state index in [1.807, 2.05) is 65.4 Å². The molecule has 6 nitrogen and oxygen atoms in total. The first kappa shape index (κ1) is 25.1. The second-order valence-corrected chi connectivity index (χ2v) is 9.57. The van der Waals surface area contributed by atoms with Crippen molar-refractivity contribution in [3.63, 3.8) is 0 Å². The topological polar surface area (TPSA) is 64.7 Å². The van der Waals surface area contributed by atoms with E-state index in [1.165, 1.54) is 12.1 Å². The van der Waals surface area contributed by atoms with Crippen LogP contribution in [0.1, 0.15) is 49.3 Å². The second-order valence-electron chi connectivity index (χ2n) is 9.57. The maximum atomic E-state index is 13.1. The molecule has 2 aromatic rings. The second kappa shape index (κ2) is 12.1. The summed E-state index contributed by atoms with van der Waals surface area (Å²) < 4.78 is 13.1. The van der Waals surface area contributed by atoms with E-state index in [4.69, 9.17) is 0 Å². The van der Waals surface area contributed by atoms with Crippen molar-refractivity contribution in [3.05, 3.63) is 77.6 Å². The Morgan fingerprint density at radius 2 is 1.77 bits per heavy atom. The van der Waals surface area contributed by atoms with E-state index in [0.717, 1.165) is 36.9 Å². The van der Waals surface area contributed by atoms with Gasteiger partial charge in [0.2, 0.25) is 11.8 Å². The summed E-state index contributed by atoms with van der Waals surface area (Å²) in [5.74, 6) is -0.0549. The molecule has 2 aliphatic heterocycles. The molecule has 4 rings (SSSR count). The number of nitrogens with zero attached hydrogens (tertiary/aromatic N) is 2. The molecule has 2 aliphatic rings. The molecule has 2 atom stereocenters. The molecule has 2 amide bonds. The Balaban J connectivity index is 1.14. The highest BCUT2D eigenvalue weighted by atomic mass is 19.1. The highest BCUT2D eigenvalue weighted by Gasteiger charge is 2.29. The Bertz CT molecular complexity index is 1000. The normalized spacial score (nSPS) is 20.9. The smallest absolute Gasteiger partial charge is 0.246 e. The molecular weight excluding hydrogens is 443 g/mol. The predicted octanol–water partition coefficient (Wildman–Crippen LogP) is 3.92. The minimum atomic E-state index is -0.221. The fourth-order valence-corrected chi connectivity index (χ4v) is 4.91. The van der Waals surface area contributed by atoms with Crippen LogP contribution in [0.5, 0.6) is 0 Å². The third kappa shape index (κ3) is 6.99. The van der Waals surface area contributed by atoms with Gasteiger partial charge in [-0.3, -0.25) is 20.4 Å². The van der Waals surface area contributed by atoms with E-state index in [9.17, 15) is 14.0 Å². The summed E-state index contributed by atoms with van der Waals surface area (Å²) >= 11 is 0. The van der Waals surface area contributed by atoms with E-state index < -0.39 is 0 Å². The van der Waals surface area contributed by atoms with Crippen LogP contribution < -0.4 is 10.9 Å². The lowest BCUT2D eigenvalue weighted by molar-refractivity contribution is -0.138. The maximum Gasteiger partial charge on any atom is 0.246 e. The number of carbonyl (C=O) groups excluding carboxylic acids is 2. The molecule has 186 valence electrons. The summed E-state index contributed by atoms with van der Waals surface area (Å²) in [6.45, 7) is 1.95. The molecule has 2 fully saturated rings. The van der Waals surface area contributed by atoms with Gasteiger partial charge in [-0.2, -0.15) is 0 Å². The minimum Gasteiger partial charge on any atom is -0.346 e. The van der Waals surface area contributed by atoms with Crippen LogP contribution >= 0.6 is 0 Å². The number of likely N-dealkylation sites (tertiary alicyclic amines) is 1. The van der Waals surface area contributed by atoms with Crippen molar-refractivity contribution in [1.82, 2.24) is 20.7 Å². The highest BCUT2D eigenvalue weighted by Crippen LogP contribution is 2.25. The zero-order chi connectivity index (χ0) is 24.6. The monoisotopic (exact) mass is 478 g/mol. The molecule has 0 saturated carbocycles. The average Bonchev–Trinajstić information content (AvgIpc) is 3.37. The van der Waals surface area contributed by atoms with Crippen molar-refractivity contribution in [2.24, 2.45) is 5.92 Å². The number of nitrogens with one attached hydrogen (secondary N) is 2. The zero-order valence-electron chi connectivity index (χ0n) is 20.3. The first-order chi connectivity index (χ1) is 17.0. The number of benzene rings is 2. The fourth-order valence-electron chi connectivity index (χ4n) is 4.91. The van der Waals surface area contributed by atoms with Gasteiger partial charge in [0.1, 0.15) is 5.82 Å². The van der Waals surface area contributed by atoms with Gasteiger partial charge in [0, 0.05) is 50.8 Å². The van der Waals surface area contributed by atoms with E-state index in [2.05, 4.69) is 10.9 Å². The van der Waals surface area contributed by atoms with Crippen molar-refractivity contribution < 1.29 is 14.0 Å². The van der Waals surface area contributed by atoms with Gasteiger partial charge < -0.3 is 9.80 Å². The van der Waals surface area contributed by atoms with Crippen LogP contribution in [-0.4, -0.2) is 54.3 Å². The number of amides is 2. The Morgan fingerprint density at radius 3 is 2.49 bits per heavy atom. The Hall–Kier alpha value is -3.03. The van der Waals surface area contributed by atoms with Crippen LogP contribution in [0.25, 0.3) is 6.08 Å². The maximum absolute atomic E-state index is 13.1. The van der Waals surface area contributed by atoms with Crippen molar-refractivity contribution in [2.45, 2.75) is 44.2 Å². The number of piperidine rings is 1. The molecule has 2 unspecified atom stereocenters. The highest BCUT2D eigenvalue weighted by molar-refractivity contribution is 5.92. The lowest BCUT2D eigenvalue weighted by Gasteiger charge is -2.32. The average molecular weight is 479 g/mol. The number of carbonyl (C=O) groups is 2. The van der Waals surface area contributed by atoms with Crippen molar-refractivity contribution >= 4 is 17.9 Å². The van der Waals surface area contributed by atoms with Crippen LogP contribution in [0.2, 0.25) is 0 Å². The van der Waals surface area contributed by atoms with E-state index in [1.54, 1.807) is 6.08 Å². The lowest BCUT2D eigenvalue weighted by Crippen LogP contribution is -2.43. The summed E-state index contributed by atoms with van der Waals surface area (Å²) in [6.07, 6.45) is 7.69. The molecule has 0 aliphatic carbocycles. The summed E-state index contributed by atoms with van der Waals surface area (Å²) in [6, 6.07) is 16.9. The van der Waals surface area contributed by atoms with Crippen molar-refractivity contribution in [3.8, 4) is 0 Å². The third-order valence-electron chi connectivity index (χ3n) is 7.05. The predicted molar refractivity (Wildman–Crippen MR) is 135 cm³/mol. The number of hydrazine groups is 1. The first-order valence-electron chi connectivity index (χ1n) is 12.5. The van der Waals surface area contributed by atoms with Gasteiger partial charge in [-0.1, -0.05) is 42.5 Å². The van der Waals surface area contributed by atoms with Gasteiger partial charge in [0.15, 0.2) is 0 Å². The molecule has 7 heteroatoms. The van der Waals surface area contributed by atoms with Crippen LogP contribution in [0.4, 0.5) is 4.39 Å². The van der Waals surface area contributed by atoms with Gasteiger partial charge in [-0.25, -0.2) is 4.39 Å². The largest absolute Gasteiger partial charge is 0.346 e. The third-order valence-corrected chi connectivity index (χ3v) is 7.05. The van der Waals surface area contributed by atoms with E-state index in [-0.39, 0.29) is 29.6 Å². The number of halogens is 1. The van der Waals surface area contributed by atoms with Crippen LogP contribution in [0.3, 0.4) is 0 Å². The van der Waals surface area contributed by atoms with Gasteiger partial charge in [-0.05, 0) is 61.4 Å². The molecule has 2 heterocycles. The molecule has 0 aromatic heterocycles. The Morgan fingerprint density at radius 1 is 1.06 bits per heavy atom. The molecule has 0 bridgehead atoms. The zero-order valence-corrected chi connectivity index (χ0v) is 20.3. The molecule has 2 N–H and O–H groups in total. The Labute approximate surface area is 207 Å². The standard InChI is InChI=1S/C28H35FN4O2/c1-32(17-5-8-25-20-26(31-30-25)22-10-12-24(29)13-11-22)28(35)23-15-18-33(19-16-23)27(34)14-9-21-6-3-2-4-7-21/h2-4,6-7,9-14,23,25-26,30-31H,5,8,15-20H2,1H3/b14-9+. The van der Waals surface area contributed by atoms with Gasteiger partial charge in [0.05, 0.1) is 0 Å². The quantitative estimate of drug-likeness (QED) is 0.565. The molecule has 0 spiro atoms. The van der Waals surface area contributed by atoms with E-state index >= 15 is 0 Å². The van der Waals surface area contributed by atoms with Gasteiger partial charge >= 0.3 is 0 Å². The Kier molecular flexibility index (Phi) is 8.66. The summed E-state index contributed by atoms with van der Waals surface area (Å²) in [5, 5.41) is 0. The molecule has 2 aromatic carbocycles. The van der Waals surface area contributed by atoms with Crippen LogP contribution in [-0.2, 0) is 9.59 Å². The van der Waals surface area contributed by atoms with Gasteiger partial charge in [-0.15, -0.1) is 0 Å². The summed E-state index contributed by atoms with van der Waals surface area (Å²) in [4.78, 5) is 29.1. The number of rotatable bonds is 8. The van der Waals surface area contributed by atoms with Crippen LogP contribution in [0.15, 0.2) is 60.7 Å². The lowest BCUT2D eigenvalue weighted by atomic mass is 9.95. The van der Waals surface area contributed by atoms with E-state index in [0.29, 0.717) is 32.0 Å². The van der Waals surface area contributed by atoms with Crippen molar-refractivity contribution in [2.75, 3.05) is 26.7 Å². The molecule has 35 heavy (non-hydrogen) atoms. The van der Waals surface area contributed by atoms with Gasteiger partial charge in [0.25, 0.3) is 0 Å². The van der Waals surface area contributed by atoms with Crippen molar-refractivity contribution in [1.29, 1.82) is 0 Å². The molecule has 0 radical (unpaired) electrons. The SMILES string of the molecule is CN(CCCC1CC(c2ccc(F)cc2)NN1)C(=O)C1CCN(C(=O)/C=C/c2ccccc2)CC1.